The van der Waals surface area contributed by atoms with Crippen molar-refractivity contribution in [3.8, 4) is 0 Å². The summed E-state index contributed by atoms with van der Waals surface area (Å²) in [6, 6.07) is 0. The second-order valence-corrected chi connectivity index (χ2v) is 9.43. The van der Waals surface area contributed by atoms with Crippen LogP contribution in [0, 0.1) is 23.7 Å². The lowest BCUT2D eigenvalue weighted by Crippen LogP contribution is -2.35. The quantitative estimate of drug-likeness (QED) is 0.764. The van der Waals surface area contributed by atoms with E-state index in [9.17, 15) is 4.79 Å². The van der Waals surface area contributed by atoms with Crippen LogP contribution in [0.4, 0.5) is 0 Å². The maximum absolute atomic E-state index is 12.9. The van der Waals surface area contributed by atoms with E-state index in [1.807, 2.05) is 0 Å². The van der Waals surface area contributed by atoms with Crippen LogP contribution in [0.2, 0.25) is 0 Å². The fraction of sp³-hybridized carbons (Fsp3) is 0.737. The lowest BCUT2D eigenvalue weighted by molar-refractivity contribution is -0.122. The Bertz CT molecular complexity index is 684. The van der Waals surface area contributed by atoms with Crippen molar-refractivity contribution in [2.24, 2.45) is 16.7 Å². The minimum Gasteiger partial charge on any atom is -0.298 e. The number of rotatable bonds is 2. The van der Waals surface area contributed by atoms with Gasteiger partial charge in [0.15, 0.2) is 5.16 Å². The van der Waals surface area contributed by atoms with Crippen LogP contribution in [0.15, 0.2) is 5.16 Å². The lowest BCUT2D eigenvalue weighted by Gasteiger charge is -2.37. The van der Waals surface area contributed by atoms with E-state index in [2.05, 4.69) is 27.7 Å². The molecule has 23 heavy (non-hydrogen) atoms. The molecule has 0 spiro atoms. The third-order valence-corrected chi connectivity index (χ3v) is 8.45. The van der Waals surface area contributed by atoms with E-state index >= 15 is 0 Å². The first-order chi connectivity index (χ1) is 10.8. The molecule has 4 heteroatoms. The van der Waals surface area contributed by atoms with Crippen LogP contribution in [-0.4, -0.2) is 21.0 Å². The first kappa shape index (κ1) is 15.6. The second kappa shape index (κ2) is 5.05. The van der Waals surface area contributed by atoms with Crippen LogP contribution >= 0.6 is 11.8 Å². The number of hydrogen-bond acceptors (Lipinski definition) is 4. The molecule has 3 nitrogen and oxygen atoms in total. The van der Waals surface area contributed by atoms with Gasteiger partial charge in [0.1, 0.15) is 5.78 Å². The third kappa shape index (κ3) is 2.06. The highest BCUT2D eigenvalue weighted by Crippen LogP contribution is 2.67. The maximum Gasteiger partial charge on any atom is 0.188 e. The largest absolute Gasteiger partial charge is 0.298 e. The minimum atomic E-state index is 0.0253. The topological polar surface area (TPSA) is 42.9 Å². The first-order valence-electron chi connectivity index (χ1n) is 8.91. The molecular weight excluding hydrogens is 304 g/mol. The zero-order valence-electron chi connectivity index (χ0n) is 14.6. The lowest BCUT2D eigenvalue weighted by atomic mass is 9.71. The molecule has 2 saturated carbocycles. The summed E-state index contributed by atoms with van der Waals surface area (Å²) in [4.78, 5) is 22.5. The second-order valence-electron chi connectivity index (χ2n) is 8.35. The Labute approximate surface area is 143 Å². The summed E-state index contributed by atoms with van der Waals surface area (Å²) in [7, 11) is 0. The molecule has 3 aliphatic carbocycles. The fourth-order valence-electron chi connectivity index (χ4n) is 5.09. The molecule has 3 aliphatic rings. The molecule has 0 saturated heterocycles. The van der Waals surface area contributed by atoms with Gasteiger partial charge in [-0.15, -0.1) is 0 Å². The van der Waals surface area contributed by atoms with E-state index in [0.29, 0.717) is 5.78 Å². The van der Waals surface area contributed by atoms with Gasteiger partial charge in [-0.25, -0.2) is 9.97 Å². The predicted octanol–water partition coefficient (Wildman–Crippen LogP) is 4.15. The van der Waals surface area contributed by atoms with Crippen LogP contribution in [0.1, 0.15) is 63.4 Å². The van der Waals surface area contributed by atoms with Gasteiger partial charge >= 0.3 is 0 Å². The Morgan fingerprint density at radius 2 is 1.87 bits per heavy atom. The minimum absolute atomic E-state index is 0.0253. The van der Waals surface area contributed by atoms with Crippen molar-refractivity contribution in [1.29, 1.82) is 0 Å². The molecule has 0 aliphatic heterocycles. The Morgan fingerprint density at radius 1 is 1.13 bits per heavy atom. The average molecular weight is 330 g/mol. The van der Waals surface area contributed by atoms with E-state index in [-0.39, 0.29) is 22.0 Å². The average Bonchev–Trinajstić information content (AvgIpc) is 2.81. The summed E-state index contributed by atoms with van der Waals surface area (Å²) in [5.41, 5.74) is 3.88. The van der Waals surface area contributed by atoms with Crippen LogP contribution < -0.4 is 0 Å². The third-order valence-electron chi connectivity index (χ3n) is 7.07. The zero-order valence-corrected chi connectivity index (χ0v) is 15.4. The van der Waals surface area contributed by atoms with Crippen molar-refractivity contribution in [1.82, 2.24) is 9.97 Å². The summed E-state index contributed by atoms with van der Waals surface area (Å²) in [5.74, 6) is 0.663. The van der Waals surface area contributed by atoms with Crippen LogP contribution in [0.3, 0.4) is 0 Å². The molecule has 1 aromatic heterocycles. The summed E-state index contributed by atoms with van der Waals surface area (Å²) in [6.07, 6.45) is 6.86. The Kier molecular flexibility index (Phi) is 3.43. The molecule has 1 heterocycles. The molecule has 0 amide bonds. The van der Waals surface area contributed by atoms with Gasteiger partial charge in [0, 0.05) is 17.3 Å². The molecule has 2 fully saturated rings. The van der Waals surface area contributed by atoms with Crippen molar-refractivity contribution in [2.45, 2.75) is 76.6 Å². The van der Waals surface area contributed by atoms with Gasteiger partial charge in [-0.3, -0.25) is 4.79 Å². The van der Waals surface area contributed by atoms with Crippen LogP contribution in [0.5, 0.6) is 0 Å². The highest BCUT2D eigenvalue weighted by atomic mass is 32.2. The fourth-order valence-corrected chi connectivity index (χ4v) is 6.61. The predicted molar refractivity (Wildman–Crippen MR) is 92.7 cm³/mol. The molecule has 0 radical (unpaired) electrons. The summed E-state index contributed by atoms with van der Waals surface area (Å²) >= 11 is 1.64. The van der Waals surface area contributed by atoms with E-state index < -0.39 is 0 Å². The van der Waals surface area contributed by atoms with E-state index in [1.54, 1.807) is 11.8 Å². The smallest absolute Gasteiger partial charge is 0.188 e. The van der Waals surface area contributed by atoms with Gasteiger partial charge in [-0.05, 0) is 61.8 Å². The number of thioether (sulfide) groups is 1. The molecule has 124 valence electrons. The van der Waals surface area contributed by atoms with Crippen LogP contribution in [0.25, 0.3) is 0 Å². The van der Waals surface area contributed by atoms with Crippen molar-refractivity contribution in [3.63, 3.8) is 0 Å². The number of fused-ring (bicyclic) bond motifs is 3. The molecule has 0 aromatic carbocycles. The Morgan fingerprint density at radius 3 is 2.57 bits per heavy atom. The number of Topliss-reactive ketones (excluding diaryl/α,β-unsaturated/α-hetero) is 1. The normalized spacial score (nSPS) is 34.7. The molecule has 0 unspecified atom stereocenters. The number of ketones is 1. The van der Waals surface area contributed by atoms with Gasteiger partial charge < -0.3 is 0 Å². The van der Waals surface area contributed by atoms with E-state index in [0.717, 1.165) is 36.5 Å². The highest BCUT2D eigenvalue weighted by Gasteiger charge is 2.66. The number of carbonyl (C=O) groups is 1. The highest BCUT2D eigenvalue weighted by molar-refractivity contribution is 8.00. The molecule has 3 atom stereocenters. The van der Waals surface area contributed by atoms with E-state index in [4.69, 9.17) is 9.97 Å². The van der Waals surface area contributed by atoms with Crippen LogP contribution in [-0.2, 0) is 17.6 Å². The Balaban J connectivity index is 1.67. The van der Waals surface area contributed by atoms with Gasteiger partial charge in [-0.2, -0.15) is 0 Å². The van der Waals surface area contributed by atoms with Gasteiger partial charge in [0.05, 0.1) is 5.25 Å². The molecular formula is C19H26N2OS. The Hall–Kier alpha value is -0.900. The number of carbonyl (C=O) groups excluding carboxylic acids is 1. The monoisotopic (exact) mass is 330 g/mol. The molecule has 4 rings (SSSR count). The summed E-state index contributed by atoms with van der Waals surface area (Å²) < 4.78 is 0. The number of aryl methyl sites for hydroxylation is 2. The van der Waals surface area contributed by atoms with Gasteiger partial charge in [0.2, 0.25) is 0 Å². The molecule has 0 N–H and O–H groups in total. The molecule has 1 aromatic rings. The number of nitrogens with zero attached hydrogens (tertiary/aromatic N) is 2. The van der Waals surface area contributed by atoms with Gasteiger partial charge in [-0.1, -0.05) is 32.5 Å². The number of aromatic nitrogens is 2. The zero-order chi connectivity index (χ0) is 16.4. The SMILES string of the molecule is Cc1nc(S[C@@H]2C(=O)[C@@H]3CC[C@]2(C)C3(C)C)nc2c1CCCC2. The molecule has 2 bridgehead atoms. The summed E-state index contributed by atoms with van der Waals surface area (Å²) in [5, 5.41) is 0.850. The maximum atomic E-state index is 12.9. The van der Waals surface area contributed by atoms with E-state index in [1.165, 1.54) is 24.1 Å². The van der Waals surface area contributed by atoms with Crippen molar-refractivity contribution >= 4 is 17.5 Å². The summed E-state index contributed by atoms with van der Waals surface area (Å²) in [6.45, 7) is 8.97. The van der Waals surface area contributed by atoms with Crippen molar-refractivity contribution < 1.29 is 4.79 Å². The standard InChI is InChI=1S/C19H26N2OS/c1-11-12-7-5-6-8-14(12)21-17(20-11)23-16-15(22)13-9-10-19(16,4)18(13,2)3/h13,16H,5-10H2,1-4H3/t13-,16+,19-/m0/s1. The van der Waals surface area contributed by atoms with Gasteiger partial charge in [0.25, 0.3) is 0 Å². The van der Waals surface area contributed by atoms with Crippen molar-refractivity contribution in [2.75, 3.05) is 0 Å². The first-order valence-corrected chi connectivity index (χ1v) is 9.79. The van der Waals surface area contributed by atoms with Crippen molar-refractivity contribution in [3.05, 3.63) is 17.0 Å². The number of hydrogen-bond donors (Lipinski definition) is 0.